The topological polar surface area (TPSA) is 96.9 Å². The molecule has 7 heteroatoms. The second-order valence-corrected chi connectivity index (χ2v) is 4.75. The van der Waals surface area contributed by atoms with Crippen LogP contribution in [0.25, 0.3) is 0 Å². The van der Waals surface area contributed by atoms with Crippen molar-refractivity contribution in [2.45, 2.75) is 6.04 Å². The number of hydrogen-bond acceptors (Lipinski definition) is 5. The molecule has 3 N–H and O–H groups in total. The predicted octanol–water partition coefficient (Wildman–Crippen LogP) is 0.566. The van der Waals surface area contributed by atoms with Crippen molar-refractivity contribution >= 4 is 17.6 Å². The summed E-state index contributed by atoms with van der Waals surface area (Å²) >= 11 is 0. The Kier molecular flexibility index (Phi) is 4.77. The molecule has 1 aliphatic rings. The van der Waals surface area contributed by atoms with E-state index in [0.717, 1.165) is 0 Å². The van der Waals surface area contributed by atoms with Crippen LogP contribution < -0.4 is 15.4 Å². The Morgan fingerprint density at radius 1 is 1.38 bits per heavy atom. The summed E-state index contributed by atoms with van der Waals surface area (Å²) in [5, 5.41) is 14.8. The summed E-state index contributed by atoms with van der Waals surface area (Å²) in [5.41, 5.74) is 0.538. The van der Waals surface area contributed by atoms with Crippen LogP contribution in [0.3, 0.4) is 0 Å². The van der Waals surface area contributed by atoms with Gasteiger partial charge in [-0.2, -0.15) is 0 Å². The maximum Gasteiger partial charge on any atom is 0.339 e. The van der Waals surface area contributed by atoms with Crippen LogP contribution in [0.2, 0.25) is 0 Å². The van der Waals surface area contributed by atoms with E-state index in [1.807, 2.05) is 0 Å². The van der Waals surface area contributed by atoms with Gasteiger partial charge in [-0.3, -0.25) is 4.79 Å². The minimum absolute atomic E-state index is 0.0230. The quantitative estimate of drug-likeness (QED) is 0.734. The number of amides is 1. The molecule has 1 aromatic carbocycles. The number of likely N-dealkylation sites (N-methyl/N-ethyl adjacent to an activating group) is 1. The zero-order valence-corrected chi connectivity index (χ0v) is 11.9. The highest BCUT2D eigenvalue weighted by atomic mass is 16.5. The fraction of sp³-hybridized carbons (Fsp3) is 0.429. The summed E-state index contributed by atoms with van der Waals surface area (Å²) in [6.07, 6.45) is 0. The van der Waals surface area contributed by atoms with Crippen LogP contribution >= 0.6 is 0 Å². The van der Waals surface area contributed by atoms with Crippen molar-refractivity contribution in [2.24, 2.45) is 5.92 Å². The molecule has 0 bridgehead atoms. The van der Waals surface area contributed by atoms with Gasteiger partial charge in [-0.15, -0.1) is 0 Å². The van der Waals surface area contributed by atoms with Gasteiger partial charge in [0.15, 0.2) is 0 Å². The lowest BCUT2D eigenvalue weighted by Crippen LogP contribution is -2.39. The van der Waals surface area contributed by atoms with E-state index in [4.69, 9.17) is 14.6 Å². The summed E-state index contributed by atoms with van der Waals surface area (Å²) in [6, 6.07) is 4.40. The number of ether oxygens (including phenoxy) is 2. The van der Waals surface area contributed by atoms with Crippen molar-refractivity contribution < 1.29 is 24.2 Å². The van der Waals surface area contributed by atoms with E-state index in [9.17, 15) is 9.59 Å². The van der Waals surface area contributed by atoms with Gasteiger partial charge >= 0.3 is 5.97 Å². The first-order valence-electron chi connectivity index (χ1n) is 6.54. The SMILES string of the molecule is CNC1COCC1C(=O)Nc1ccc(C(=O)O)c(OC)c1. The standard InChI is InChI=1S/C14H18N2O5/c1-15-11-7-21-6-10(11)13(17)16-8-3-4-9(14(18)19)12(5-8)20-2/h3-5,10-11,15H,6-7H2,1-2H3,(H,16,17)(H,18,19). The molecule has 0 aromatic heterocycles. The number of aromatic carboxylic acids is 1. The monoisotopic (exact) mass is 294 g/mol. The molecule has 2 unspecified atom stereocenters. The Morgan fingerprint density at radius 3 is 2.76 bits per heavy atom. The van der Waals surface area contributed by atoms with Crippen LogP contribution in [-0.4, -0.2) is 50.4 Å². The Balaban J connectivity index is 2.12. The summed E-state index contributed by atoms with van der Waals surface area (Å²) in [4.78, 5) is 23.2. The van der Waals surface area contributed by atoms with Crippen molar-refractivity contribution in [3.05, 3.63) is 23.8 Å². The molecule has 0 spiro atoms. The smallest absolute Gasteiger partial charge is 0.339 e. The molecule has 1 aliphatic heterocycles. The Hall–Kier alpha value is -2.12. The lowest BCUT2D eigenvalue weighted by Gasteiger charge is -2.17. The van der Waals surface area contributed by atoms with E-state index < -0.39 is 5.97 Å². The summed E-state index contributed by atoms with van der Waals surface area (Å²) < 4.78 is 10.3. The summed E-state index contributed by atoms with van der Waals surface area (Å²) in [7, 11) is 3.17. The Labute approximate surface area is 122 Å². The van der Waals surface area contributed by atoms with Gasteiger partial charge in [0, 0.05) is 17.8 Å². The number of rotatable bonds is 5. The third-order valence-electron chi connectivity index (χ3n) is 3.49. The second-order valence-electron chi connectivity index (χ2n) is 4.75. The molecule has 1 aromatic rings. The van der Waals surface area contributed by atoms with Gasteiger partial charge in [0.2, 0.25) is 5.91 Å². The number of anilines is 1. The minimum Gasteiger partial charge on any atom is -0.496 e. The molecule has 2 atom stereocenters. The normalized spacial score (nSPS) is 21.0. The predicted molar refractivity (Wildman–Crippen MR) is 75.7 cm³/mol. The first kappa shape index (κ1) is 15.3. The van der Waals surface area contributed by atoms with Gasteiger partial charge in [0.1, 0.15) is 11.3 Å². The van der Waals surface area contributed by atoms with Gasteiger partial charge in [-0.1, -0.05) is 0 Å². The van der Waals surface area contributed by atoms with E-state index in [1.54, 1.807) is 7.05 Å². The number of carbonyl (C=O) groups excluding carboxylic acids is 1. The zero-order valence-electron chi connectivity index (χ0n) is 11.9. The van der Waals surface area contributed by atoms with E-state index >= 15 is 0 Å². The molecule has 114 valence electrons. The minimum atomic E-state index is -1.08. The highest BCUT2D eigenvalue weighted by Crippen LogP contribution is 2.24. The van der Waals surface area contributed by atoms with Crippen molar-refractivity contribution in [3.63, 3.8) is 0 Å². The lowest BCUT2D eigenvalue weighted by atomic mass is 10.0. The summed E-state index contributed by atoms with van der Waals surface area (Å²) in [5.74, 6) is -1.32. The van der Waals surface area contributed by atoms with E-state index in [0.29, 0.717) is 18.9 Å². The fourth-order valence-electron chi connectivity index (χ4n) is 2.28. The average molecular weight is 294 g/mol. The molecular formula is C14H18N2O5. The maximum atomic E-state index is 12.2. The number of hydrogen-bond donors (Lipinski definition) is 3. The van der Waals surface area contributed by atoms with Gasteiger partial charge < -0.3 is 25.2 Å². The molecule has 0 radical (unpaired) electrons. The lowest BCUT2D eigenvalue weighted by molar-refractivity contribution is -0.120. The van der Waals surface area contributed by atoms with Gasteiger partial charge in [-0.05, 0) is 19.2 Å². The molecule has 1 heterocycles. The van der Waals surface area contributed by atoms with Crippen molar-refractivity contribution in [2.75, 3.05) is 32.7 Å². The molecule has 1 saturated heterocycles. The molecule has 1 fully saturated rings. The highest BCUT2D eigenvalue weighted by molar-refractivity contribution is 5.95. The maximum absolute atomic E-state index is 12.2. The highest BCUT2D eigenvalue weighted by Gasteiger charge is 2.33. The second kappa shape index (κ2) is 6.55. The number of methoxy groups -OCH3 is 1. The van der Waals surface area contributed by atoms with E-state index in [1.165, 1.54) is 25.3 Å². The van der Waals surface area contributed by atoms with Crippen LogP contribution in [-0.2, 0) is 9.53 Å². The number of benzene rings is 1. The molecule has 0 saturated carbocycles. The Bertz CT molecular complexity index is 546. The van der Waals surface area contributed by atoms with Crippen molar-refractivity contribution in [1.29, 1.82) is 0 Å². The molecule has 2 rings (SSSR count). The molecule has 1 amide bonds. The molecule has 7 nitrogen and oxygen atoms in total. The first-order valence-corrected chi connectivity index (χ1v) is 6.54. The third-order valence-corrected chi connectivity index (χ3v) is 3.49. The van der Waals surface area contributed by atoms with E-state index in [2.05, 4.69) is 10.6 Å². The number of carboxylic acids is 1. The molecule has 21 heavy (non-hydrogen) atoms. The third kappa shape index (κ3) is 3.32. The largest absolute Gasteiger partial charge is 0.496 e. The summed E-state index contributed by atoms with van der Waals surface area (Å²) in [6.45, 7) is 0.859. The van der Waals surface area contributed by atoms with E-state index in [-0.39, 0.29) is 29.2 Å². The Morgan fingerprint density at radius 2 is 2.14 bits per heavy atom. The van der Waals surface area contributed by atoms with Gasteiger partial charge in [0.25, 0.3) is 0 Å². The van der Waals surface area contributed by atoms with Gasteiger partial charge in [-0.25, -0.2) is 4.79 Å². The van der Waals surface area contributed by atoms with Crippen LogP contribution in [0.1, 0.15) is 10.4 Å². The number of nitrogens with one attached hydrogen (secondary N) is 2. The van der Waals surface area contributed by atoms with Crippen molar-refractivity contribution in [3.8, 4) is 5.75 Å². The van der Waals surface area contributed by atoms with Gasteiger partial charge in [0.05, 0.1) is 26.2 Å². The van der Waals surface area contributed by atoms with Crippen molar-refractivity contribution in [1.82, 2.24) is 5.32 Å². The van der Waals surface area contributed by atoms with Crippen LogP contribution in [0.15, 0.2) is 18.2 Å². The fourth-order valence-corrected chi connectivity index (χ4v) is 2.28. The number of carboxylic acid groups (broad SMARTS) is 1. The van der Waals surface area contributed by atoms with Crippen LogP contribution in [0, 0.1) is 5.92 Å². The first-order chi connectivity index (χ1) is 10.1. The molecule has 0 aliphatic carbocycles. The van der Waals surface area contributed by atoms with Crippen LogP contribution in [0.4, 0.5) is 5.69 Å². The number of carbonyl (C=O) groups is 2. The average Bonchev–Trinajstić information content (AvgIpc) is 2.95. The molecular weight excluding hydrogens is 276 g/mol. The van der Waals surface area contributed by atoms with Crippen LogP contribution in [0.5, 0.6) is 5.75 Å². The zero-order chi connectivity index (χ0) is 15.4.